The minimum Gasteiger partial charge on any atom is -0.497 e. The normalized spacial score (nSPS) is 11.3. The Bertz CT molecular complexity index is 1190. The summed E-state index contributed by atoms with van der Waals surface area (Å²) in [5, 5.41) is 2.63. The van der Waals surface area contributed by atoms with E-state index in [1.807, 2.05) is 0 Å². The van der Waals surface area contributed by atoms with E-state index in [9.17, 15) is 22.0 Å². The average Bonchev–Trinajstić information content (AvgIpc) is 2.80. The fourth-order valence-electron chi connectivity index (χ4n) is 2.91. The molecule has 0 atom stereocenters. The molecular formula is C22H21F2N3O5S. The molecule has 0 aliphatic rings. The van der Waals surface area contributed by atoms with Crippen LogP contribution >= 0.6 is 0 Å². The second-order valence-electron chi connectivity index (χ2n) is 6.70. The summed E-state index contributed by atoms with van der Waals surface area (Å²) >= 11 is 0. The Morgan fingerprint density at radius 3 is 2.52 bits per heavy atom. The van der Waals surface area contributed by atoms with Crippen molar-refractivity contribution >= 4 is 21.6 Å². The Kier molecular flexibility index (Phi) is 7.91. The molecule has 8 nitrogen and oxygen atoms in total. The number of alkyl halides is 2. The van der Waals surface area contributed by atoms with E-state index in [-0.39, 0.29) is 23.6 Å². The molecule has 0 spiro atoms. The summed E-state index contributed by atoms with van der Waals surface area (Å²) in [4.78, 5) is 16.0. The van der Waals surface area contributed by atoms with Crippen molar-refractivity contribution in [1.29, 1.82) is 0 Å². The van der Waals surface area contributed by atoms with Gasteiger partial charge in [0.1, 0.15) is 16.4 Å². The first-order chi connectivity index (χ1) is 15.8. The zero-order valence-corrected chi connectivity index (χ0v) is 18.3. The van der Waals surface area contributed by atoms with Gasteiger partial charge in [0.15, 0.2) is 0 Å². The van der Waals surface area contributed by atoms with Crippen molar-refractivity contribution in [2.75, 3.05) is 19.0 Å². The molecule has 0 aliphatic heterocycles. The summed E-state index contributed by atoms with van der Waals surface area (Å²) < 4.78 is 62.1. The Hall–Kier alpha value is -3.57. The number of hydrogen-bond donors (Lipinski definition) is 2. The molecule has 0 unspecified atom stereocenters. The Balaban J connectivity index is 1.69. The highest BCUT2D eigenvalue weighted by Crippen LogP contribution is 2.34. The fraction of sp³-hybridized carbons (Fsp3) is 0.182. The van der Waals surface area contributed by atoms with Gasteiger partial charge in [-0.15, -0.1) is 0 Å². The number of amides is 1. The first kappa shape index (κ1) is 24.1. The van der Waals surface area contributed by atoms with Gasteiger partial charge in [0.05, 0.1) is 7.11 Å². The maximum Gasteiger partial charge on any atom is 0.387 e. The second-order valence-corrected chi connectivity index (χ2v) is 8.47. The van der Waals surface area contributed by atoms with Gasteiger partial charge in [-0.1, -0.05) is 12.1 Å². The monoisotopic (exact) mass is 477 g/mol. The van der Waals surface area contributed by atoms with Gasteiger partial charge in [-0.25, -0.2) is 13.1 Å². The van der Waals surface area contributed by atoms with Gasteiger partial charge in [0, 0.05) is 36.6 Å². The molecule has 3 rings (SSSR count). The number of nitrogens with zero attached hydrogens (tertiary/aromatic N) is 1. The summed E-state index contributed by atoms with van der Waals surface area (Å²) in [6, 6.07) is 13.8. The predicted molar refractivity (Wildman–Crippen MR) is 118 cm³/mol. The fourth-order valence-corrected chi connectivity index (χ4v) is 3.91. The van der Waals surface area contributed by atoms with Crippen LogP contribution in [0.25, 0.3) is 11.1 Å². The lowest BCUT2D eigenvalue weighted by atomic mass is 10.0. The number of hydrogen-bond acceptors (Lipinski definition) is 6. The average molecular weight is 477 g/mol. The summed E-state index contributed by atoms with van der Waals surface area (Å²) in [5.74, 6) is 0.0674. The van der Waals surface area contributed by atoms with Crippen molar-refractivity contribution in [2.24, 2.45) is 0 Å². The number of sulfonamides is 1. The van der Waals surface area contributed by atoms with E-state index < -0.39 is 22.5 Å². The molecule has 0 bridgehead atoms. The molecule has 3 aromatic rings. The zero-order valence-electron chi connectivity index (χ0n) is 17.5. The van der Waals surface area contributed by atoms with Crippen LogP contribution in [0.5, 0.6) is 11.5 Å². The van der Waals surface area contributed by atoms with E-state index in [1.54, 1.807) is 24.3 Å². The van der Waals surface area contributed by atoms with Gasteiger partial charge in [-0.2, -0.15) is 8.78 Å². The van der Waals surface area contributed by atoms with Gasteiger partial charge >= 0.3 is 6.61 Å². The maximum absolute atomic E-state index is 12.8. The van der Waals surface area contributed by atoms with E-state index in [4.69, 9.17) is 4.74 Å². The van der Waals surface area contributed by atoms with Gasteiger partial charge in [-0.05, 0) is 48.0 Å². The lowest BCUT2D eigenvalue weighted by molar-refractivity contribution is -0.116. The summed E-state index contributed by atoms with van der Waals surface area (Å²) in [6.45, 7) is -3.16. The van der Waals surface area contributed by atoms with Crippen LogP contribution in [0.1, 0.15) is 6.42 Å². The van der Waals surface area contributed by atoms with E-state index in [0.29, 0.717) is 22.6 Å². The van der Waals surface area contributed by atoms with Crippen molar-refractivity contribution < 1.29 is 31.5 Å². The number of methoxy groups -OCH3 is 1. The first-order valence-electron chi connectivity index (χ1n) is 9.71. The largest absolute Gasteiger partial charge is 0.497 e. The van der Waals surface area contributed by atoms with Crippen LogP contribution in [0, 0.1) is 0 Å². The maximum atomic E-state index is 12.8. The van der Waals surface area contributed by atoms with Crippen LogP contribution < -0.4 is 19.5 Å². The molecule has 1 aromatic heterocycles. The van der Waals surface area contributed by atoms with Crippen LogP contribution in [0.2, 0.25) is 0 Å². The number of anilines is 1. The number of carbonyl (C=O) groups excluding carboxylic acids is 1. The van der Waals surface area contributed by atoms with Gasteiger partial charge in [0.25, 0.3) is 0 Å². The summed E-state index contributed by atoms with van der Waals surface area (Å²) in [7, 11) is -2.28. The second kappa shape index (κ2) is 10.8. The van der Waals surface area contributed by atoms with Gasteiger partial charge in [-0.3, -0.25) is 9.78 Å². The zero-order chi connectivity index (χ0) is 23.8. The van der Waals surface area contributed by atoms with E-state index in [0.717, 1.165) is 0 Å². The predicted octanol–water partition coefficient (Wildman–Crippen LogP) is 3.67. The molecular weight excluding hydrogens is 456 g/mol. The third-order valence-corrected chi connectivity index (χ3v) is 5.92. The first-order valence-corrected chi connectivity index (χ1v) is 11.2. The topological polar surface area (TPSA) is 107 Å². The lowest BCUT2D eigenvalue weighted by Crippen LogP contribution is -2.27. The highest BCUT2D eigenvalue weighted by molar-refractivity contribution is 7.89. The van der Waals surface area contributed by atoms with E-state index >= 15 is 0 Å². The molecule has 0 fully saturated rings. The quantitative estimate of drug-likeness (QED) is 0.462. The SMILES string of the molecule is COc1ccc(-c2cc(NC(=O)CCNS(=O)(=O)c3cccnc3)ccc2OC(F)F)cc1. The third kappa shape index (κ3) is 6.70. The molecule has 174 valence electrons. The van der Waals surface area contributed by atoms with Crippen LogP contribution in [0.4, 0.5) is 14.5 Å². The van der Waals surface area contributed by atoms with Crippen molar-refractivity contribution in [3.8, 4) is 22.6 Å². The van der Waals surface area contributed by atoms with Crippen molar-refractivity contribution in [3.05, 3.63) is 67.0 Å². The molecule has 0 saturated carbocycles. The summed E-state index contributed by atoms with van der Waals surface area (Å²) in [5.41, 5.74) is 1.25. The number of ether oxygens (including phenoxy) is 2. The molecule has 0 saturated heterocycles. The molecule has 2 N–H and O–H groups in total. The minimum absolute atomic E-state index is 0.0100. The van der Waals surface area contributed by atoms with Gasteiger partial charge < -0.3 is 14.8 Å². The number of carbonyl (C=O) groups is 1. The number of pyridine rings is 1. The van der Waals surface area contributed by atoms with Gasteiger partial charge in [0.2, 0.25) is 15.9 Å². The Labute approximate surface area is 189 Å². The standard InChI is InChI=1S/C22H21F2N3O5S/c1-31-17-7-4-15(5-8-17)19-13-16(6-9-20(19)32-22(23)24)27-21(28)10-12-26-33(29,30)18-3-2-11-25-14-18/h2-9,11,13-14,22,26H,10,12H2,1H3,(H,27,28). The highest BCUT2D eigenvalue weighted by atomic mass is 32.2. The smallest absolute Gasteiger partial charge is 0.387 e. The number of rotatable bonds is 10. The Morgan fingerprint density at radius 1 is 1.12 bits per heavy atom. The summed E-state index contributed by atoms with van der Waals surface area (Å²) in [6.07, 6.45) is 2.50. The Morgan fingerprint density at radius 2 is 1.88 bits per heavy atom. The van der Waals surface area contributed by atoms with Crippen LogP contribution in [-0.4, -0.2) is 39.6 Å². The molecule has 0 radical (unpaired) electrons. The van der Waals surface area contributed by atoms with Crippen LogP contribution in [0.15, 0.2) is 71.9 Å². The molecule has 33 heavy (non-hydrogen) atoms. The number of benzene rings is 2. The highest BCUT2D eigenvalue weighted by Gasteiger charge is 2.16. The third-order valence-electron chi connectivity index (χ3n) is 4.47. The van der Waals surface area contributed by atoms with Crippen molar-refractivity contribution in [2.45, 2.75) is 17.9 Å². The number of aromatic nitrogens is 1. The number of halogens is 2. The molecule has 11 heteroatoms. The molecule has 1 heterocycles. The molecule has 0 aliphatic carbocycles. The number of nitrogens with one attached hydrogen (secondary N) is 2. The van der Waals surface area contributed by atoms with Crippen molar-refractivity contribution in [1.82, 2.24) is 9.71 Å². The van der Waals surface area contributed by atoms with E-state index in [1.165, 1.54) is 49.8 Å². The molecule has 1 amide bonds. The van der Waals surface area contributed by atoms with E-state index in [2.05, 4.69) is 19.8 Å². The lowest BCUT2D eigenvalue weighted by Gasteiger charge is -2.14. The van der Waals surface area contributed by atoms with Crippen LogP contribution in [0.3, 0.4) is 0 Å². The van der Waals surface area contributed by atoms with Crippen molar-refractivity contribution in [3.63, 3.8) is 0 Å². The minimum atomic E-state index is -3.78. The van der Waals surface area contributed by atoms with Crippen LogP contribution in [-0.2, 0) is 14.8 Å². The molecule has 2 aromatic carbocycles.